The summed E-state index contributed by atoms with van der Waals surface area (Å²) in [6, 6.07) is 7.73. The summed E-state index contributed by atoms with van der Waals surface area (Å²) < 4.78 is 1.82. The maximum atomic E-state index is 6.16. The molecule has 0 spiro atoms. The molecule has 0 saturated carbocycles. The van der Waals surface area contributed by atoms with E-state index >= 15 is 0 Å². The summed E-state index contributed by atoms with van der Waals surface area (Å²) in [5.74, 6) is 0.316. The van der Waals surface area contributed by atoms with Gasteiger partial charge in [-0.25, -0.2) is 0 Å². The first-order valence-electron chi connectivity index (χ1n) is 5.75. The molecule has 1 aromatic heterocycles. The van der Waals surface area contributed by atoms with Gasteiger partial charge in [0.05, 0.1) is 16.4 Å². The van der Waals surface area contributed by atoms with Crippen molar-refractivity contribution in [3.63, 3.8) is 0 Å². The number of nitrogens with zero attached hydrogens (tertiary/aromatic N) is 2. The molecule has 0 amide bonds. The molecule has 0 atom stereocenters. The molecule has 0 saturated heterocycles. The molecular formula is C13H16ClN3S. The zero-order chi connectivity index (χ0) is 13.3. The standard InChI is InChI=1S/C13H16ClN3S/c1-8(2)12-11(15)13(17(3)16-12)18-10-7-5-4-6-9(10)14/h4-8H,15H2,1-3H3. The summed E-state index contributed by atoms with van der Waals surface area (Å²) in [6.07, 6.45) is 0. The fraction of sp³-hybridized carbons (Fsp3) is 0.308. The first kappa shape index (κ1) is 13.3. The molecule has 0 aliphatic heterocycles. The van der Waals surface area contributed by atoms with Crippen LogP contribution in [0.15, 0.2) is 34.2 Å². The third-order valence-corrected chi connectivity index (χ3v) is 4.34. The topological polar surface area (TPSA) is 43.8 Å². The number of aryl methyl sites for hydroxylation is 1. The van der Waals surface area contributed by atoms with Crippen molar-refractivity contribution in [3.05, 3.63) is 35.0 Å². The lowest BCUT2D eigenvalue weighted by Crippen LogP contribution is -1.94. The Kier molecular flexibility index (Phi) is 3.88. The highest BCUT2D eigenvalue weighted by atomic mass is 35.5. The molecule has 96 valence electrons. The van der Waals surface area contributed by atoms with Crippen molar-refractivity contribution in [1.82, 2.24) is 9.78 Å². The van der Waals surface area contributed by atoms with Crippen molar-refractivity contribution < 1.29 is 0 Å². The van der Waals surface area contributed by atoms with Gasteiger partial charge in [0.1, 0.15) is 5.03 Å². The predicted molar refractivity (Wildman–Crippen MR) is 77.3 cm³/mol. The van der Waals surface area contributed by atoms with Crippen molar-refractivity contribution in [3.8, 4) is 0 Å². The molecule has 0 aliphatic rings. The Morgan fingerprint density at radius 1 is 1.33 bits per heavy atom. The van der Waals surface area contributed by atoms with Gasteiger partial charge in [-0.2, -0.15) is 5.10 Å². The number of nitrogens with two attached hydrogens (primary N) is 1. The highest BCUT2D eigenvalue weighted by Gasteiger charge is 2.17. The van der Waals surface area contributed by atoms with Gasteiger partial charge in [0, 0.05) is 11.9 Å². The zero-order valence-corrected chi connectivity index (χ0v) is 12.2. The Balaban J connectivity index is 2.38. The van der Waals surface area contributed by atoms with E-state index in [4.69, 9.17) is 17.3 Å². The van der Waals surface area contributed by atoms with Gasteiger partial charge in [0.25, 0.3) is 0 Å². The second-order valence-corrected chi connectivity index (χ2v) is 5.85. The third-order valence-electron chi connectivity index (χ3n) is 2.65. The summed E-state index contributed by atoms with van der Waals surface area (Å²) in [7, 11) is 1.90. The van der Waals surface area contributed by atoms with Gasteiger partial charge in [-0.05, 0) is 18.1 Å². The SMILES string of the molecule is CC(C)c1nn(C)c(Sc2ccccc2Cl)c1N. The number of nitrogen functional groups attached to an aromatic ring is 1. The van der Waals surface area contributed by atoms with E-state index in [-0.39, 0.29) is 0 Å². The average Bonchev–Trinajstić information content (AvgIpc) is 2.60. The lowest BCUT2D eigenvalue weighted by Gasteiger charge is -2.05. The lowest BCUT2D eigenvalue weighted by molar-refractivity contribution is 0.671. The maximum absolute atomic E-state index is 6.16. The fourth-order valence-electron chi connectivity index (χ4n) is 1.72. The van der Waals surface area contributed by atoms with E-state index in [0.29, 0.717) is 5.92 Å². The maximum Gasteiger partial charge on any atom is 0.122 e. The van der Waals surface area contributed by atoms with Crippen LogP contribution in [0.3, 0.4) is 0 Å². The number of hydrogen-bond donors (Lipinski definition) is 1. The van der Waals surface area contributed by atoms with Crippen molar-refractivity contribution in [2.45, 2.75) is 29.7 Å². The van der Waals surface area contributed by atoms with E-state index in [2.05, 4.69) is 18.9 Å². The van der Waals surface area contributed by atoms with Gasteiger partial charge >= 0.3 is 0 Å². The molecule has 5 heteroatoms. The minimum atomic E-state index is 0.316. The van der Waals surface area contributed by atoms with Crippen molar-refractivity contribution in [2.24, 2.45) is 7.05 Å². The van der Waals surface area contributed by atoms with Gasteiger partial charge in [0.2, 0.25) is 0 Å². The van der Waals surface area contributed by atoms with Gasteiger partial charge in [0.15, 0.2) is 0 Å². The van der Waals surface area contributed by atoms with E-state index in [1.165, 1.54) is 0 Å². The number of rotatable bonds is 3. The van der Waals surface area contributed by atoms with Crippen LogP contribution in [0.2, 0.25) is 5.02 Å². The number of benzene rings is 1. The quantitative estimate of drug-likeness (QED) is 0.927. The van der Waals surface area contributed by atoms with Gasteiger partial charge < -0.3 is 5.73 Å². The molecule has 0 fully saturated rings. The van der Waals surface area contributed by atoms with E-state index in [9.17, 15) is 0 Å². The van der Waals surface area contributed by atoms with Crippen molar-refractivity contribution >= 4 is 29.1 Å². The molecule has 2 rings (SSSR count). The molecule has 0 radical (unpaired) electrons. The van der Waals surface area contributed by atoms with Crippen LogP contribution in [0.4, 0.5) is 5.69 Å². The van der Waals surface area contributed by atoms with Gasteiger partial charge in [-0.1, -0.05) is 49.3 Å². The molecular weight excluding hydrogens is 266 g/mol. The van der Waals surface area contributed by atoms with Gasteiger partial charge in [-0.15, -0.1) is 0 Å². The number of anilines is 1. The van der Waals surface area contributed by atoms with E-state index in [0.717, 1.165) is 26.3 Å². The van der Waals surface area contributed by atoms with Crippen LogP contribution in [-0.2, 0) is 7.05 Å². The van der Waals surface area contributed by atoms with E-state index < -0.39 is 0 Å². The Labute approximate surface area is 116 Å². The Bertz CT molecular complexity index is 563. The molecule has 18 heavy (non-hydrogen) atoms. The third kappa shape index (κ3) is 2.49. The smallest absolute Gasteiger partial charge is 0.122 e. The second-order valence-electron chi connectivity index (χ2n) is 4.41. The highest BCUT2D eigenvalue weighted by Crippen LogP contribution is 2.38. The zero-order valence-electron chi connectivity index (χ0n) is 10.6. The molecule has 0 unspecified atom stereocenters. The minimum absolute atomic E-state index is 0.316. The van der Waals surface area contributed by atoms with Crippen LogP contribution in [0.1, 0.15) is 25.5 Å². The fourth-order valence-corrected chi connectivity index (χ4v) is 2.88. The summed E-state index contributed by atoms with van der Waals surface area (Å²) >= 11 is 7.71. The average molecular weight is 282 g/mol. The van der Waals surface area contributed by atoms with Crippen LogP contribution in [0.25, 0.3) is 0 Å². The van der Waals surface area contributed by atoms with E-state index in [1.54, 1.807) is 11.8 Å². The normalized spacial score (nSPS) is 11.2. The van der Waals surface area contributed by atoms with Crippen molar-refractivity contribution in [1.29, 1.82) is 0 Å². The number of aromatic nitrogens is 2. The van der Waals surface area contributed by atoms with Crippen LogP contribution in [0, 0.1) is 0 Å². The van der Waals surface area contributed by atoms with Crippen molar-refractivity contribution in [2.75, 3.05) is 5.73 Å². The summed E-state index contributed by atoms with van der Waals surface area (Å²) in [4.78, 5) is 0.990. The number of halogens is 1. The molecule has 2 N–H and O–H groups in total. The highest BCUT2D eigenvalue weighted by molar-refractivity contribution is 7.99. The molecule has 1 aromatic carbocycles. The Hall–Kier alpha value is -1.13. The summed E-state index contributed by atoms with van der Waals surface area (Å²) in [5, 5.41) is 6.13. The van der Waals surface area contributed by atoms with Crippen LogP contribution in [-0.4, -0.2) is 9.78 Å². The summed E-state index contributed by atoms with van der Waals surface area (Å²) in [6.45, 7) is 4.17. The van der Waals surface area contributed by atoms with E-state index in [1.807, 2.05) is 36.0 Å². The van der Waals surface area contributed by atoms with Crippen LogP contribution in [0.5, 0.6) is 0 Å². The van der Waals surface area contributed by atoms with Crippen LogP contribution >= 0.6 is 23.4 Å². The molecule has 3 nitrogen and oxygen atoms in total. The molecule has 0 aliphatic carbocycles. The Morgan fingerprint density at radius 2 is 2.00 bits per heavy atom. The largest absolute Gasteiger partial charge is 0.395 e. The minimum Gasteiger partial charge on any atom is -0.395 e. The van der Waals surface area contributed by atoms with Gasteiger partial charge in [-0.3, -0.25) is 4.68 Å². The number of hydrogen-bond acceptors (Lipinski definition) is 3. The molecule has 0 bridgehead atoms. The monoisotopic (exact) mass is 281 g/mol. The molecule has 2 aromatic rings. The predicted octanol–water partition coefficient (Wildman–Crippen LogP) is 3.93. The Morgan fingerprint density at radius 3 is 2.56 bits per heavy atom. The van der Waals surface area contributed by atoms with Crippen LogP contribution < -0.4 is 5.73 Å². The first-order chi connectivity index (χ1) is 8.50. The lowest BCUT2D eigenvalue weighted by atomic mass is 10.1. The second kappa shape index (κ2) is 5.24. The summed E-state index contributed by atoms with van der Waals surface area (Å²) in [5.41, 5.74) is 7.84. The molecule has 1 heterocycles. The first-order valence-corrected chi connectivity index (χ1v) is 6.95.